The smallest absolute Gasteiger partial charge is 0.215 e. The lowest BCUT2D eigenvalue weighted by molar-refractivity contribution is 0.399. The molecule has 6 heteroatoms. The molecule has 1 aromatic carbocycles. The first-order valence-electron chi connectivity index (χ1n) is 6.59. The lowest BCUT2D eigenvalue weighted by atomic mass is 10.1. The van der Waals surface area contributed by atoms with Gasteiger partial charge in [0.25, 0.3) is 0 Å². The third-order valence-electron chi connectivity index (χ3n) is 3.37. The number of nitrogen functional groups attached to an aromatic ring is 1. The molecule has 0 unspecified atom stereocenters. The third kappa shape index (κ3) is 2.52. The molecule has 0 aliphatic carbocycles. The lowest BCUT2D eigenvalue weighted by Crippen LogP contribution is -2.07. The van der Waals surface area contributed by atoms with Crippen LogP contribution >= 0.6 is 0 Å². The molecular formula is C15H15FN4O. The Morgan fingerprint density at radius 1 is 1.19 bits per heavy atom. The van der Waals surface area contributed by atoms with E-state index in [0.717, 1.165) is 0 Å². The maximum Gasteiger partial charge on any atom is 0.215 e. The summed E-state index contributed by atoms with van der Waals surface area (Å²) in [6.45, 7) is 0.503. The Hall–Kier alpha value is -2.63. The van der Waals surface area contributed by atoms with Crippen molar-refractivity contribution in [1.29, 1.82) is 0 Å². The number of benzene rings is 1. The van der Waals surface area contributed by atoms with Crippen molar-refractivity contribution in [3.05, 3.63) is 47.8 Å². The Labute approximate surface area is 121 Å². The maximum atomic E-state index is 13.7. The molecule has 0 bridgehead atoms. The summed E-state index contributed by atoms with van der Waals surface area (Å²) in [6, 6.07) is 10.2. The van der Waals surface area contributed by atoms with Crippen LogP contribution in [0.2, 0.25) is 0 Å². The van der Waals surface area contributed by atoms with Crippen molar-refractivity contribution in [2.45, 2.75) is 13.0 Å². The summed E-state index contributed by atoms with van der Waals surface area (Å²) in [6.07, 6.45) is 0.515. The van der Waals surface area contributed by atoms with Crippen LogP contribution in [0, 0.1) is 5.82 Å². The predicted molar refractivity (Wildman–Crippen MR) is 78.6 cm³/mol. The predicted octanol–water partition coefficient (Wildman–Crippen LogP) is 2.40. The van der Waals surface area contributed by atoms with Crippen molar-refractivity contribution >= 4 is 17.1 Å². The quantitative estimate of drug-likeness (QED) is 0.800. The fraction of sp³-hybridized carbons (Fsp3) is 0.200. The second-order valence-electron chi connectivity index (χ2n) is 4.66. The van der Waals surface area contributed by atoms with Gasteiger partial charge in [-0.25, -0.2) is 9.37 Å². The number of methoxy groups -OCH3 is 1. The van der Waals surface area contributed by atoms with Gasteiger partial charge in [0, 0.05) is 12.6 Å². The molecule has 0 saturated carbocycles. The van der Waals surface area contributed by atoms with Gasteiger partial charge >= 0.3 is 0 Å². The Kier molecular flexibility index (Phi) is 3.43. The molecular weight excluding hydrogens is 271 g/mol. The zero-order valence-corrected chi connectivity index (χ0v) is 11.6. The molecule has 5 nitrogen and oxygen atoms in total. The van der Waals surface area contributed by atoms with E-state index < -0.39 is 0 Å². The lowest BCUT2D eigenvalue weighted by Gasteiger charge is -2.07. The van der Waals surface area contributed by atoms with Crippen LogP contribution in [0.4, 0.5) is 10.3 Å². The van der Waals surface area contributed by atoms with E-state index in [9.17, 15) is 4.39 Å². The monoisotopic (exact) mass is 286 g/mol. The zero-order chi connectivity index (χ0) is 14.8. The first kappa shape index (κ1) is 13.4. The number of nitrogens with two attached hydrogens (primary N) is 1. The number of hydrogen-bond donors (Lipinski definition) is 1. The minimum atomic E-state index is -0.217. The molecule has 2 aromatic heterocycles. The van der Waals surface area contributed by atoms with E-state index in [-0.39, 0.29) is 5.82 Å². The van der Waals surface area contributed by atoms with Crippen molar-refractivity contribution in [3.8, 4) is 5.88 Å². The fourth-order valence-corrected chi connectivity index (χ4v) is 2.27. The Morgan fingerprint density at radius 2 is 2.00 bits per heavy atom. The summed E-state index contributed by atoms with van der Waals surface area (Å²) in [4.78, 5) is 8.61. The molecule has 3 aromatic rings. The average Bonchev–Trinajstić information content (AvgIpc) is 2.81. The number of hydrogen-bond acceptors (Lipinski definition) is 4. The van der Waals surface area contributed by atoms with Gasteiger partial charge in [-0.1, -0.05) is 18.2 Å². The highest BCUT2D eigenvalue weighted by Crippen LogP contribution is 2.20. The van der Waals surface area contributed by atoms with Crippen LogP contribution in [-0.2, 0) is 13.0 Å². The molecule has 2 N–H and O–H groups in total. The van der Waals surface area contributed by atoms with Crippen LogP contribution in [0.1, 0.15) is 5.56 Å². The van der Waals surface area contributed by atoms with E-state index in [4.69, 9.17) is 10.5 Å². The molecule has 0 aliphatic rings. The number of halogens is 1. The molecule has 0 fully saturated rings. The number of nitrogens with zero attached hydrogens (tertiary/aromatic N) is 3. The van der Waals surface area contributed by atoms with Gasteiger partial charge in [0.1, 0.15) is 11.3 Å². The minimum absolute atomic E-state index is 0.217. The van der Waals surface area contributed by atoms with E-state index in [1.165, 1.54) is 6.07 Å². The summed E-state index contributed by atoms with van der Waals surface area (Å²) in [5.41, 5.74) is 7.90. The van der Waals surface area contributed by atoms with Gasteiger partial charge in [-0.3, -0.25) is 4.57 Å². The highest BCUT2D eigenvalue weighted by atomic mass is 19.1. The molecule has 2 heterocycles. The Bertz CT molecular complexity index is 784. The SMILES string of the molecule is COc1ccc2nc(N)n(CCc3ccccc3F)c2n1. The zero-order valence-electron chi connectivity index (χ0n) is 11.6. The number of anilines is 1. The first-order valence-corrected chi connectivity index (χ1v) is 6.59. The topological polar surface area (TPSA) is 66.0 Å². The molecule has 0 atom stereocenters. The normalized spacial score (nSPS) is 11.0. The average molecular weight is 286 g/mol. The molecule has 0 aliphatic heterocycles. The summed E-state index contributed by atoms with van der Waals surface area (Å²) in [7, 11) is 1.55. The Balaban J connectivity index is 1.93. The molecule has 108 valence electrons. The van der Waals surface area contributed by atoms with Crippen molar-refractivity contribution < 1.29 is 9.13 Å². The van der Waals surface area contributed by atoms with E-state index >= 15 is 0 Å². The number of pyridine rings is 1. The van der Waals surface area contributed by atoms with Crippen LogP contribution in [0.5, 0.6) is 5.88 Å². The number of rotatable bonds is 4. The summed E-state index contributed by atoms with van der Waals surface area (Å²) < 4.78 is 20.5. The number of imidazole rings is 1. The van der Waals surface area contributed by atoms with Gasteiger partial charge < -0.3 is 10.5 Å². The number of ether oxygens (including phenoxy) is 1. The van der Waals surface area contributed by atoms with Crippen LogP contribution < -0.4 is 10.5 Å². The first-order chi connectivity index (χ1) is 10.2. The van der Waals surface area contributed by atoms with Crippen LogP contribution in [0.3, 0.4) is 0 Å². The Morgan fingerprint density at radius 3 is 2.76 bits per heavy atom. The second kappa shape index (κ2) is 5.40. The largest absolute Gasteiger partial charge is 0.481 e. The molecule has 0 saturated heterocycles. The number of fused-ring (bicyclic) bond motifs is 1. The molecule has 3 rings (SSSR count). The second-order valence-corrected chi connectivity index (χ2v) is 4.66. The highest BCUT2D eigenvalue weighted by molar-refractivity contribution is 5.74. The van der Waals surface area contributed by atoms with Crippen molar-refractivity contribution in [2.24, 2.45) is 0 Å². The molecule has 0 amide bonds. The van der Waals surface area contributed by atoms with Crippen molar-refractivity contribution in [2.75, 3.05) is 12.8 Å². The highest BCUT2D eigenvalue weighted by Gasteiger charge is 2.11. The van der Waals surface area contributed by atoms with E-state index in [0.29, 0.717) is 41.5 Å². The van der Waals surface area contributed by atoms with Crippen molar-refractivity contribution in [3.63, 3.8) is 0 Å². The third-order valence-corrected chi connectivity index (χ3v) is 3.37. The summed E-state index contributed by atoms with van der Waals surface area (Å²) in [5, 5.41) is 0. The van der Waals surface area contributed by atoms with Gasteiger partial charge in [-0.05, 0) is 24.1 Å². The van der Waals surface area contributed by atoms with Crippen molar-refractivity contribution in [1.82, 2.24) is 14.5 Å². The number of aromatic nitrogens is 3. The van der Waals surface area contributed by atoms with Crippen LogP contribution in [-0.4, -0.2) is 21.6 Å². The fourth-order valence-electron chi connectivity index (χ4n) is 2.27. The molecule has 0 spiro atoms. The minimum Gasteiger partial charge on any atom is -0.481 e. The van der Waals surface area contributed by atoms with E-state index in [1.54, 1.807) is 35.9 Å². The summed E-state index contributed by atoms with van der Waals surface area (Å²) in [5.74, 6) is 0.641. The molecule has 21 heavy (non-hydrogen) atoms. The van der Waals surface area contributed by atoms with Crippen LogP contribution in [0.15, 0.2) is 36.4 Å². The standard InChI is InChI=1S/C15H15FN4O/c1-21-13-7-6-12-14(19-13)20(15(17)18-12)9-8-10-4-2-3-5-11(10)16/h2-7H,8-9H2,1H3,(H2,17,18). The van der Waals surface area contributed by atoms with Gasteiger partial charge in [-0.2, -0.15) is 4.98 Å². The van der Waals surface area contributed by atoms with Gasteiger partial charge in [0.05, 0.1) is 7.11 Å². The molecule has 0 radical (unpaired) electrons. The van der Waals surface area contributed by atoms with E-state index in [2.05, 4.69) is 9.97 Å². The maximum absolute atomic E-state index is 13.7. The number of aryl methyl sites for hydroxylation is 2. The van der Waals surface area contributed by atoms with Gasteiger partial charge in [-0.15, -0.1) is 0 Å². The van der Waals surface area contributed by atoms with Gasteiger partial charge in [0.15, 0.2) is 5.65 Å². The van der Waals surface area contributed by atoms with Crippen LogP contribution in [0.25, 0.3) is 11.2 Å². The van der Waals surface area contributed by atoms with E-state index in [1.807, 2.05) is 6.07 Å². The van der Waals surface area contributed by atoms with Gasteiger partial charge in [0.2, 0.25) is 11.8 Å². The summed E-state index contributed by atoms with van der Waals surface area (Å²) >= 11 is 0.